The Morgan fingerprint density at radius 3 is 2.15 bits per heavy atom. The molecule has 1 aliphatic heterocycles. The Bertz CT molecular complexity index is 1050. The third kappa shape index (κ3) is 4.27. The van der Waals surface area contributed by atoms with Gasteiger partial charge in [0, 0.05) is 24.4 Å². The molecule has 2 N–H and O–H groups in total. The molecule has 1 atom stereocenters. The summed E-state index contributed by atoms with van der Waals surface area (Å²) >= 11 is 0. The van der Waals surface area contributed by atoms with Crippen molar-refractivity contribution in [2.45, 2.75) is 56.5 Å². The van der Waals surface area contributed by atoms with E-state index in [4.69, 9.17) is 4.74 Å². The van der Waals surface area contributed by atoms with Crippen LogP contribution in [-0.2, 0) is 14.3 Å². The molecule has 2 amide bonds. The fourth-order valence-electron chi connectivity index (χ4n) is 5.81. The number of carbonyl (C=O) groups excluding carboxylic acids is 2. The predicted octanol–water partition coefficient (Wildman–Crippen LogP) is 4.16. The monoisotopic (exact) mass is 462 g/mol. The molecule has 3 aliphatic rings. The molecule has 0 bridgehead atoms. The van der Waals surface area contributed by atoms with Crippen LogP contribution in [0.3, 0.4) is 0 Å². The van der Waals surface area contributed by atoms with Crippen LogP contribution in [0.5, 0.6) is 0 Å². The largest absolute Gasteiger partial charge is 0.480 e. The van der Waals surface area contributed by atoms with Gasteiger partial charge < -0.3 is 20.1 Å². The van der Waals surface area contributed by atoms with E-state index in [1.54, 1.807) is 0 Å². The van der Waals surface area contributed by atoms with Gasteiger partial charge >= 0.3 is 12.1 Å². The van der Waals surface area contributed by atoms with Gasteiger partial charge in [-0.3, -0.25) is 4.79 Å². The van der Waals surface area contributed by atoms with Crippen molar-refractivity contribution in [3.05, 3.63) is 59.7 Å². The topological polar surface area (TPSA) is 95.9 Å². The molecule has 2 aromatic rings. The molecule has 178 valence electrons. The number of likely N-dealkylation sites (tertiary alicyclic amines) is 1. The molecule has 34 heavy (non-hydrogen) atoms. The number of carboxylic acids is 1. The summed E-state index contributed by atoms with van der Waals surface area (Å²) in [5.74, 6) is -1.12. The zero-order chi connectivity index (χ0) is 23.7. The van der Waals surface area contributed by atoms with Crippen molar-refractivity contribution in [3.63, 3.8) is 0 Å². The molecule has 0 aromatic heterocycles. The number of aliphatic carboxylic acids is 1. The van der Waals surface area contributed by atoms with Crippen molar-refractivity contribution in [3.8, 4) is 11.1 Å². The second-order valence-electron chi connectivity index (χ2n) is 9.55. The van der Waals surface area contributed by atoms with Crippen molar-refractivity contribution in [1.82, 2.24) is 10.2 Å². The molecule has 7 nitrogen and oxygen atoms in total. The van der Waals surface area contributed by atoms with Crippen LogP contribution in [0.4, 0.5) is 4.79 Å². The van der Waals surface area contributed by atoms with Gasteiger partial charge in [-0.2, -0.15) is 0 Å². The molecule has 5 rings (SSSR count). The van der Waals surface area contributed by atoms with Gasteiger partial charge in [0.05, 0.1) is 0 Å². The van der Waals surface area contributed by atoms with Crippen molar-refractivity contribution in [1.29, 1.82) is 0 Å². The lowest BCUT2D eigenvalue weighted by molar-refractivity contribution is -0.150. The molecule has 1 saturated carbocycles. The Labute approximate surface area is 199 Å². The van der Waals surface area contributed by atoms with E-state index >= 15 is 0 Å². The van der Waals surface area contributed by atoms with Crippen LogP contribution in [0, 0.1) is 5.92 Å². The Kier molecular flexibility index (Phi) is 6.26. The van der Waals surface area contributed by atoms with Gasteiger partial charge in [0.1, 0.15) is 12.6 Å². The van der Waals surface area contributed by atoms with E-state index in [9.17, 15) is 19.5 Å². The quantitative estimate of drug-likeness (QED) is 0.696. The molecule has 1 saturated heterocycles. The lowest BCUT2D eigenvalue weighted by Crippen LogP contribution is -2.46. The molecule has 0 unspecified atom stereocenters. The van der Waals surface area contributed by atoms with Crippen LogP contribution >= 0.6 is 0 Å². The first-order valence-electron chi connectivity index (χ1n) is 12.2. The SMILES string of the molecule is O=C(NC1CCC(C(=O)N2CCC[C@H]2C(=O)O)CC1)OCC1c2ccccc2-c2ccccc21. The van der Waals surface area contributed by atoms with Gasteiger partial charge in [0.15, 0.2) is 0 Å². The maximum Gasteiger partial charge on any atom is 0.407 e. The average Bonchev–Trinajstić information content (AvgIpc) is 3.46. The fraction of sp³-hybridized carbons (Fsp3) is 0.444. The molecular weight excluding hydrogens is 432 g/mol. The summed E-state index contributed by atoms with van der Waals surface area (Å²) < 4.78 is 5.65. The summed E-state index contributed by atoms with van der Waals surface area (Å²) in [7, 11) is 0. The summed E-state index contributed by atoms with van der Waals surface area (Å²) in [6, 6.07) is 15.7. The van der Waals surface area contributed by atoms with E-state index in [1.165, 1.54) is 27.2 Å². The van der Waals surface area contributed by atoms with E-state index in [0.29, 0.717) is 38.6 Å². The van der Waals surface area contributed by atoms with Crippen molar-refractivity contribution in [2.24, 2.45) is 5.92 Å². The molecule has 2 fully saturated rings. The summed E-state index contributed by atoms with van der Waals surface area (Å²) in [5, 5.41) is 12.3. The number of hydrogen-bond donors (Lipinski definition) is 2. The number of rotatable bonds is 5. The molecular formula is C27H30N2O5. The third-order valence-corrected chi connectivity index (χ3v) is 7.56. The Morgan fingerprint density at radius 2 is 1.53 bits per heavy atom. The van der Waals surface area contributed by atoms with Gasteiger partial charge in [-0.1, -0.05) is 48.5 Å². The molecule has 2 aromatic carbocycles. The van der Waals surface area contributed by atoms with Gasteiger partial charge in [-0.05, 0) is 60.8 Å². The van der Waals surface area contributed by atoms with E-state index in [-0.39, 0.29) is 30.4 Å². The van der Waals surface area contributed by atoms with Gasteiger partial charge in [0.25, 0.3) is 0 Å². The molecule has 0 radical (unpaired) electrons. The van der Waals surface area contributed by atoms with Crippen molar-refractivity contribution in [2.75, 3.05) is 13.2 Å². The number of nitrogens with zero attached hydrogens (tertiary/aromatic N) is 1. The first kappa shape index (κ1) is 22.4. The Balaban J connectivity index is 1.12. The highest BCUT2D eigenvalue weighted by molar-refractivity contribution is 5.85. The number of amides is 2. The highest BCUT2D eigenvalue weighted by Gasteiger charge is 2.38. The van der Waals surface area contributed by atoms with E-state index in [2.05, 4.69) is 29.6 Å². The van der Waals surface area contributed by atoms with Crippen molar-refractivity contribution < 1.29 is 24.2 Å². The predicted molar refractivity (Wildman–Crippen MR) is 126 cm³/mol. The molecule has 2 aliphatic carbocycles. The first-order chi connectivity index (χ1) is 16.5. The molecule has 1 heterocycles. The minimum absolute atomic E-state index is 0.0224. The summed E-state index contributed by atoms with van der Waals surface area (Å²) in [6.45, 7) is 0.799. The summed E-state index contributed by atoms with van der Waals surface area (Å²) in [6.07, 6.45) is 3.51. The minimum atomic E-state index is -0.920. The number of ether oxygens (including phenoxy) is 1. The van der Waals surface area contributed by atoms with E-state index in [1.807, 2.05) is 24.3 Å². The molecule has 0 spiro atoms. The number of hydrogen-bond acceptors (Lipinski definition) is 4. The van der Waals surface area contributed by atoms with Crippen LogP contribution < -0.4 is 5.32 Å². The second-order valence-corrected chi connectivity index (χ2v) is 9.55. The minimum Gasteiger partial charge on any atom is -0.480 e. The van der Waals surface area contributed by atoms with E-state index < -0.39 is 18.1 Å². The Morgan fingerprint density at radius 1 is 0.912 bits per heavy atom. The number of alkyl carbamates (subject to hydrolysis) is 1. The third-order valence-electron chi connectivity index (χ3n) is 7.56. The first-order valence-corrected chi connectivity index (χ1v) is 12.2. The number of carboxylic acid groups (broad SMARTS) is 1. The normalized spacial score (nSPS) is 23.8. The van der Waals surface area contributed by atoms with Crippen LogP contribution in [0.15, 0.2) is 48.5 Å². The number of carbonyl (C=O) groups is 3. The second kappa shape index (κ2) is 9.49. The van der Waals surface area contributed by atoms with Crippen LogP contribution in [-0.4, -0.2) is 53.2 Å². The van der Waals surface area contributed by atoms with Gasteiger partial charge in [-0.25, -0.2) is 9.59 Å². The van der Waals surface area contributed by atoms with Crippen LogP contribution in [0.1, 0.15) is 55.6 Å². The van der Waals surface area contributed by atoms with Gasteiger partial charge in [0.2, 0.25) is 5.91 Å². The van der Waals surface area contributed by atoms with Crippen LogP contribution in [0.25, 0.3) is 11.1 Å². The van der Waals surface area contributed by atoms with Crippen molar-refractivity contribution >= 4 is 18.0 Å². The maximum absolute atomic E-state index is 12.8. The smallest absolute Gasteiger partial charge is 0.407 e. The summed E-state index contributed by atoms with van der Waals surface area (Å²) in [4.78, 5) is 38.4. The van der Waals surface area contributed by atoms with Gasteiger partial charge in [-0.15, -0.1) is 0 Å². The number of nitrogens with one attached hydrogen (secondary N) is 1. The number of benzene rings is 2. The zero-order valence-corrected chi connectivity index (χ0v) is 19.1. The fourth-order valence-corrected chi connectivity index (χ4v) is 5.81. The lowest BCUT2D eigenvalue weighted by Gasteiger charge is -2.32. The standard InChI is InChI=1S/C27H30N2O5/c30-25(29-15-5-10-24(29)26(31)32)17-11-13-18(14-12-17)28-27(33)34-16-23-21-8-3-1-6-19(21)20-7-2-4-9-22(20)23/h1-4,6-9,17-18,23-24H,5,10-16H2,(H,28,33)(H,31,32)/t17?,18?,24-/m0/s1. The average molecular weight is 463 g/mol. The highest BCUT2D eigenvalue weighted by atomic mass is 16.5. The zero-order valence-electron chi connectivity index (χ0n) is 19.1. The number of fused-ring (bicyclic) bond motifs is 3. The lowest BCUT2D eigenvalue weighted by atomic mass is 9.85. The van der Waals surface area contributed by atoms with Crippen LogP contribution in [0.2, 0.25) is 0 Å². The Hall–Kier alpha value is -3.35. The van der Waals surface area contributed by atoms with E-state index in [0.717, 1.165) is 6.42 Å². The summed E-state index contributed by atoms with van der Waals surface area (Å²) in [5.41, 5.74) is 4.74. The highest BCUT2D eigenvalue weighted by Crippen LogP contribution is 2.44. The maximum atomic E-state index is 12.8. The molecule has 7 heteroatoms.